The van der Waals surface area contributed by atoms with Crippen LogP contribution in [0.15, 0.2) is 66.1 Å². The molecule has 3 aliphatic rings. The van der Waals surface area contributed by atoms with E-state index < -0.39 is 5.79 Å². The molecule has 6 rings (SSSR count). The lowest BCUT2D eigenvalue weighted by atomic mass is 10.0. The monoisotopic (exact) mass is 563 g/mol. The summed E-state index contributed by atoms with van der Waals surface area (Å²) in [6, 6.07) is 14.1. The van der Waals surface area contributed by atoms with Gasteiger partial charge in [0.25, 0.3) is 0 Å². The zero-order valence-electron chi connectivity index (χ0n) is 22.7. The van der Waals surface area contributed by atoms with Crippen LogP contribution in [-0.4, -0.2) is 84.6 Å². The highest BCUT2D eigenvalue weighted by Gasteiger charge is 2.44. The molecule has 11 heteroatoms. The molecule has 2 atom stereocenters. The van der Waals surface area contributed by atoms with E-state index >= 15 is 0 Å². The van der Waals surface area contributed by atoms with Crippen LogP contribution >= 0.6 is 11.8 Å². The number of carbonyl (C=O) groups is 2. The molecule has 0 unspecified atom stereocenters. The molecule has 3 aliphatic heterocycles. The van der Waals surface area contributed by atoms with E-state index in [0.717, 1.165) is 53.8 Å². The average Bonchev–Trinajstić information content (AvgIpc) is 3.65. The number of aromatic nitrogens is 2. The SMILES string of the molecule is CC(=O)N1CCN(c2ccc(OC[C@@H]3CO[C@](Cn4ccnc4)(c4ccc5c(c4)SCC(=O)N5C)O3)cc2)CC1. The summed E-state index contributed by atoms with van der Waals surface area (Å²) in [5.74, 6) is 0.390. The maximum Gasteiger partial charge on any atom is 0.237 e. The van der Waals surface area contributed by atoms with Crippen molar-refractivity contribution in [3.8, 4) is 5.75 Å². The summed E-state index contributed by atoms with van der Waals surface area (Å²) in [5.41, 5.74) is 2.91. The van der Waals surface area contributed by atoms with Crippen LogP contribution in [0.2, 0.25) is 0 Å². The number of imidazole rings is 1. The normalized spacial score (nSPS) is 22.9. The summed E-state index contributed by atoms with van der Waals surface area (Å²) < 4.78 is 21.0. The molecule has 0 spiro atoms. The molecule has 10 nitrogen and oxygen atoms in total. The van der Waals surface area contributed by atoms with E-state index in [0.29, 0.717) is 25.5 Å². The first kappa shape index (κ1) is 26.7. The number of anilines is 2. The van der Waals surface area contributed by atoms with E-state index in [4.69, 9.17) is 14.2 Å². The Morgan fingerprint density at radius 1 is 1.15 bits per heavy atom. The van der Waals surface area contributed by atoms with Crippen LogP contribution in [0.1, 0.15) is 12.5 Å². The smallest absolute Gasteiger partial charge is 0.237 e. The first-order chi connectivity index (χ1) is 19.4. The summed E-state index contributed by atoms with van der Waals surface area (Å²) >= 11 is 1.53. The quantitative estimate of drug-likeness (QED) is 0.434. The highest BCUT2D eigenvalue weighted by Crippen LogP contribution is 2.42. The zero-order valence-corrected chi connectivity index (χ0v) is 23.5. The maximum atomic E-state index is 12.2. The number of hydrogen-bond acceptors (Lipinski definition) is 8. The first-order valence-electron chi connectivity index (χ1n) is 13.4. The number of rotatable bonds is 7. The van der Waals surface area contributed by atoms with Crippen molar-refractivity contribution in [1.29, 1.82) is 0 Å². The molecule has 1 aromatic heterocycles. The van der Waals surface area contributed by atoms with Crippen molar-refractivity contribution >= 4 is 35.0 Å². The average molecular weight is 564 g/mol. The van der Waals surface area contributed by atoms with Gasteiger partial charge in [0, 0.05) is 68.7 Å². The van der Waals surface area contributed by atoms with Gasteiger partial charge < -0.3 is 33.5 Å². The number of ether oxygens (including phenoxy) is 3. The van der Waals surface area contributed by atoms with Gasteiger partial charge in [0.15, 0.2) is 0 Å². The number of fused-ring (bicyclic) bond motifs is 1. The number of hydrogen-bond donors (Lipinski definition) is 0. The number of amides is 2. The molecular weight excluding hydrogens is 530 g/mol. The van der Waals surface area contributed by atoms with Gasteiger partial charge in [-0.15, -0.1) is 11.8 Å². The number of thioether (sulfide) groups is 1. The van der Waals surface area contributed by atoms with E-state index in [1.54, 1.807) is 31.4 Å². The Hall–Kier alpha value is -3.54. The molecule has 0 N–H and O–H groups in total. The van der Waals surface area contributed by atoms with Crippen LogP contribution in [-0.2, 0) is 31.4 Å². The maximum absolute atomic E-state index is 12.2. The molecular formula is C29H33N5O5S. The van der Waals surface area contributed by atoms with Gasteiger partial charge in [0.05, 0.1) is 30.9 Å². The number of carbonyl (C=O) groups excluding carboxylic acids is 2. The van der Waals surface area contributed by atoms with Crippen LogP contribution in [0, 0.1) is 0 Å². The molecule has 2 amide bonds. The number of benzene rings is 2. The number of piperazine rings is 1. The minimum Gasteiger partial charge on any atom is -0.491 e. The number of nitrogens with zero attached hydrogens (tertiary/aromatic N) is 5. The molecule has 0 saturated carbocycles. The fourth-order valence-corrected chi connectivity index (χ4v) is 6.37. The zero-order chi connectivity index (χ0) is 27.7. The lowest BCUT2D eigenvalue weighted by molar-refractivity contribution is -0.189. The fourth-order valence-electron chi connectivity index (χ4n) is 5.33. The van der Waals surface area contributed by atoms with Crippen LogP contribution in [0.5, 0.6) is 5.75 Å². The van der Waals surface area contributed by atoms with Gasteiger partial charge in [0.2, 0.25) is 17.6 Å². The second kappa shape index (κ2) is 11.1. The molecule has 4 heterocycles. The van der Waals surface area contributed by atoms with Crippen LogP contribution in [0.3, 0.4) is 0 Å². The highest BCUT2D eigenvalue weighted by atomic mass is 32.2. The summed E-state index contributed by atoms with van der Waals surface area (Å²) in [6.07, 6.45) is 5.11. The topological polar surface area (TPSA) is 89.4 Å². The van der Waals surface area contributed by atoms with E-state index in [9.17, 15) is 9.59 Å². The molecule has 2 saturated heterocycles. The second-order valence-electron chi connectivity index (χ2n) is 10.3. The third-order valence-electron chi connectivity index (χ3n) is 7.66. The van der Waals surface area contributed by atoms with E-state index in [1.165, 1.54) is 11.8 Å². The summed E-state index contributed by atoms with van der Waals surface area (Å²) in [6.45, 7) is 5.91. The lowest BCUT2D eigenvalue weighted by Crippen LogP contribution is -2.48. The van der Waals surface area contributed by atoms with E-state index in [-0.39, 0.29) is 17.9 Å². The molecule has 210 valence electrons. The minimum atomic E-state index is -1.00. The lowest BCUT2D eigenvalue weighted by Gasteiger charge is -2.35. The van der Waals surface area contributed by atoms with Crippen LogP contribution in [0.4, 0.5) is 11.4 Å². The van der Waals surface area contributed by atoms with Gasteiger partial charge in [-0.1, -0.05) is 6.07 Å². The largest absolute Gasteiger partial charge is 0.491 e. The third kappa shape index (κ3) is 5.41. The Morgan fingerprint density at radius 2 is 1.95 bits per heavy atom. The summed E-state index contributed by atoms with van der Waals surface area (Å²) in [5, 5.41) is 0. The van der Waals surface area contributed by atoms with Crippen molar-refractivity contribution in [3.63, 3.8) is 0 Å². The van der Waals surface area contributed by atoms with E-state index in [1.807, 2.05) is 39.9 Å². The minimum absolute atomic E-state index is 0.0903. The van der Waals surface area contributed by atoms with Gasteiger partial charge in [0.1, 0.15) is 18.5 Å². The van der Waals surface area contributed by atoms with Gasteiger partial charge in [-0.2, -0.15) is 0 Å². The second-order valence-corrected chi connectivity index (χ2v) is 11.3. The van der Waals surface area contributed by atoms with Crippen LogP contribution in [0.25, 0.3) is 0 Å². The Morgan fingerprint density at radius 3 is 2.67 bits per heavy atom. The van der Waals surface area contributed by atoms with Crippen LogP contribution < -0.4 is 14.5 Å². The third-order valence-corrected chi connectivity index (χ3v) is 8.69. The van der Waals surface area contributed by atoms with Gasteiger partial charge in [-0.25, -0.2) is 4.98 Å². The van der Waals surface area contributed by atoms with Crippen molar-refractivity contribution in [3.05, 3.63) is 66.7 Å². The van der Waals surface area contributed by atoms with E-state index in [2.05, 4.69) is 28.1 Å². The Balaban J connectivity index is 1.12. The Labute approximate surface area is 237 Å². The molecule has 0 radical (unpaired) electrons. The van der Waals surface area contributed by atoms with Gasteiger partial charge >= 0.3 is 0 Å². The first-order valence-corrected chi connectivity index (χ1v) is 14.4. The molecule has 0 aliphatic carbocycles. The molecule has 40 heavy (non-hydrogen) atoms. The van der Waals surface area contributed by atoms with Gasteiger partial charge in [-0.3, -0.25) is 9.59 Å². The molecule has 0 bridgehead atoms. The molecule has 3 aromatic rings. The van der Waals surface area contributed by atoms with Gasteiger partial charge in [-0.05, 0) is 36.4 Å². The summed E-state index contributed by atoms with van der Waals surface area (Å²) in [7, 11) is 1.80. The predicted molar refractivity (Wildman–Crippen MR) is 152 cm³/mol. The molecule has 2 aromatic carbocycles. The highest BCUT2D eigenvalue weighted by molar-refractivity contribution is 8.00. The standard InChI is InChI=1S/C29H33N5O5S/c1-21(35)33-11-13-34(14-12-33)23-4-6-24(7-5-23)37-16-25-17-38-29(39-25,19-32-10-9-30-20-32)22-3-8-26-27(15-22)40-18-28(36)31(26)2/h3-10,15,20,25H,11-14,16-19H2,1-2H3/t25-,29+/m1/s1. The fraction of sp³-hybridized carbons (Fsp3) is 0.414. The predicted octanol–water partition coefficient (Wildman–Crippen LogP) is 2.97. The Bertz CT molecular complexity index is 1360. The van der Waals surface area contributed by atoms with Crippen molar-refractivity contribution in [1.82, 2.24) is 14.5 Å². The van der Waals surface area contributed by atoms with Crippen molar-refractivity contribution in [2.75, 3.05) is 62.0 Å². The van der Waals surface area contributed by atoms with Crippen molar-refractivity contribution in [2.45, 2.75) is 30.3 Å². The molecule has 2 fully saturated rings. The van der Waals surface area contributed by atoms with Crippen molar-refractivity contribution < 1.29 is 23.8 Å². The van der Waals surface area contributed by atoms with Crippen molar-refractivity contribution in [2.24, 2.45) is 0 Å². The Kier molecular flexibility index (Phi) is 7.43. The summed E-state index contributed by atoms with van der Waals surface area (Å²) in [4.78, 5) is 34.8.